The Labute approximate surface area is 100 Å². The van der Waals surface area contributed by atoms with Crippen LogP contribution in [0.4, 0.5) is 0 Å². The highest BCUT2D eigenvalue weighted by Crippen LogP contribution is 2.48. The SMILES string of the molecule is CCC/C=C(\C)C[C@]1(S(C)(=O)=O)CCC1C. The molecule has 1 aliphatic carbocycles. The van der Waals surface area contributed by atoms with Gasteiger partial charge in [0.25, 0.3) is 0 Å². The molecule has 1 fully saturated rings. The van der Waals surface area contributed by atoms with Crippen LogP contribution in [0.3, 0.4) is 0 Å². The fourth-order valence-electron chi connectivity index (χ4n) is 2.63. The number of hydrogen-bond acceptors (Lipinski definition) is 2. The molecule has 0 amide bonds. The van der Waals surface area contributed by atoms with Crippen LogP contribution >= 0.6 is 0 Å². The average Bonchev–Trinajstić information content (AvgIpc) is 2.18. The van der Waals surface area contributed by atoms with Crippen molar-refractivity contribution in [3.63, 3.8) is 0 Å². The van der Waals surface area contributed by atoms with Gasteiger partial charge in [0.05, 0.1) is 4.75 Å². The Morgan fingerprint density at radius 1 is 1.50 bits per heavy atom. The highest BCUT2D eigenvalue weighted by Gasteiger charge is 2.51. The topological polar surface area (TPSA) is 34.1 Å². The van der Waals surface area contributed by atoms with E-state index in [0.29, 0.717) is 5.92 Å². The molecule has 0 aliphatic heterocycles. The molecule has 1 rings (SSSR count). The molecule has 0 aromatic carbocycles. The molecule has 0 heterocycles. The average molecular weight is 244 g/mol. The lowest BCUT2D eigenvalue weighted by Crippen LogP contribution is -2.51. The number of rotatable bonds is 5. The lowest BCUT2D eigenvalue weighted by Gasteiger charge is -2.46. The molecule has 0 radical (unpaired) electrons. The van der Waals surface area contributed by atoms with Crippen LogP contribution in [0.1, 0.15) is 52.9 Å². The minimum absolute atomic E-state index is 0.312. The van der Waals surface area contributed by atoms with Crippen molar-refractivity contribution in [2.75, 3.05) is 6.26 Å². The Morgan fingerprint density at radius 2 is 2.12 bits per heavy atom. The maximum Gasteiger partial charge on any atom is 0.153 e. The second-order valence-electron chi connectivity index (χ2n) is 5.29. The summed E-state index contributed by atoms with van der Waals surface area (Å²) < 4.78 is 23.4. The Bertz CT molecular complexity index is 367. The second kappa shape index (κ2) is 4.91. The molecule has 0 bridgehead atoms. The zero-order valence-electron chi connectivity index (χ0n) is 10.9. The number of sulfone groups is 1. The molecule has 0 N–H and O–H groups in total. The summed E-state index contributed by atoms with van der Waals surface area (Å²) in [7, 11) is -2.94. The first kappa shape index (κ1) is 13.8. The van der Waals surface area contributed by atoms with Crippen LogP contribution < -0.4 is 0 Å². The standard InChI is InChI=1S/C13H24O2S/c1-5-6-7-11(2)10-13(16(4,14)15)9-8-12(13)3/h7,12H,5-6,8-10H2,1-4H3/b11-7+/t12?,13-/m1/s1. The van der Waals surface area contributed by atoms with E-state index in [2.05, 4.69) is 26.8 Å². The zero-order valence-corrected chi connectivity index (χ0v) is 11.7. The van der Waals surface area contributed by atoms with Crippen molar-refractivity contribution >= 4 is 9.84 Å². The van der Waals surface area contributed by atoms with Crippen LogP contribution in [-0.4, -0.2) is 19.4 Å². The lowest BCUT2D eigenvalue weighted by atomic mass is 9.71. The van der Waals surface area contributed by atoms with Gasteiger partial charge in [-0.3, -0.25) is 0 Å². The van der Waals surface area contributed by atoms with Crippen LogP contribution in [0.15, 0.2) is 11.6 Å². The molecule has 0 aromatic heterocycles. The Balaban J connectivity index is 2.83. The summed E-state index contributed by atoms with van der Waals surface area (Å²) in [4.78, 5) is 0. The van der Waals surface area contributed by atoms with E-state index in [1.54, 1.807) is 0 Å². The van der Waals surface area contributed by atoms with Crippen LogP contribution in [-0.2, 0) is 9.84 Å². The molecule has 2 atom stereocenters. The predicted molar refractivity (Wildman–Crippen MR) is 69.3 cm³/mol. The monoisotopic (exact) mass is 244 g/mol. The van der Waals surface area contributed by atoms with Gasteiger partial charge in [-0.1, -0.05) is 31.9 Å². The third-order valence-corrected chi connectivity index (χ3v) is 6.22. The van der Waals surface area contributed by atoms with Crippen LogP contribution in [0.25, 0.3) is 0 Å². The Morgan fingerprint density at radius 3 is 2.44 bits per heavy atom. The first-order chi connectivity index (χ1) is 7.33. The number of unbranched alkanes of at least 4 members (excludes halogenated alkanes) is 1. The molecule has 3 heteroatoms. The van der Waals surface area contributed by atoms with Gasteiger partial charge >= 0.3 is 0 Å². The van der Waals surface area contributed by atoms with Crippen molar-refractivity contribution in [3.05, 3.63) is 11.6 Å². The van der Waals surface area contributed by atoms with Gasteiger partial charge in [0.2, 0.25) is 0 Å². The largest absolute Gasteiger partial charge is 0.229 e. The van der Waals surface area contributed by atoms with Gasteiger partial charge in [-0.25, -0.2) is 8.42 Å². The normalized spacial score (nSPS) is 31.2. The van der Waals surface area contributed by atoms with E-state index < -0.39 is 14.6 Å². The summed E-state index contributed by atoms with van der Waals surface area (Å²) in [6.45, 7) is 6.27. The van der Waals surface area contributed by atoms with Gasteiger partial charge < -0.3 is 0 Å². The Kier molecular flexibility index (Phi) is 4.22. The molecule has 0 spiro atoms. The molecule has 0 saturated heterocycles. The number of allylic oxidation sites excluding steroid dienone is 2. The Hall–Kier alpha value is -0.310. The highest BCUT2D eigenvalue weighted by molar-refractivity contribution is 7.92. The summed E-state index contributed by atoms with van der Waals surface area (Å²) in [6, 6.07) is 0. The van der Waals surface area contributed by atoms with Gasteiger partial charge in [-0.05, 0) is 38.5 Å². The predicted octanol–water partition coefficient (Wildman–Crippen LogP) is 3.34. The van der Waals surface area contributed by atoms with Gasteiger partial charge in [0.15, 0.2) is 9.84 Å². The van der Waals surface area contributed by atoms with Gasteiger partial charge in [0, 0.05) is 6.26 Å². The quantitative estimate of drug-likeness (QED) is 0.695. The summed E-state index contributed by atoms with van der Waals surface area (Å²) in [5.74, 6) is 0.312. The molecule has 2 nitrogen and oxygen atoms in total. The van der Waals surface area contributed by atoms with Crippen molar-refractivity contribution in [2.24, 2.45) is 5.92 Å². The molecule has 16 heavy (non-hydrogen) atoms. The summed E-state index contributed by atoms with van der Waals surface area (Å²) >= 11 is 0. The van der Waals surface area contributed by atoms with E-state index in [1.165, 1.54) is 11.8 Å². The second-order valence-corrected chi connectivity index (χ2v) is 7.65. The maximum absolute atomic E-state index is 11.9. The first-order valence-electron chi connectivity index (χ1n) is 6.18. The van der Waals surface area contributed by atoms with E-state index in [9.17, 15) is 8.42 Å². The smallest absolute Gasteiger partial charge is 0.153 e. The van der Waals surface area contributed by atoms with E-state index in [0.717, 1.165) is 32.1 Å². The number of hydrogen-bond donors (Lipinski definition) is 0. The van der Waals surface area contributed by atoms with Crippen LogP contribution in [0.5, 0.6) is 0 Å². The first-order valence-corrected chi connectivity index (χ1v) is 8.08. The fraction of sp³-hybridized carbons (Fsp3) is 0.846. The van der Waals surface area contributed by atoms with E-state index in [-0.39, 0.29) is 0 Å². The van der Waals surface area contributed by atoms with Crippen molar-refractivity contribution in [1.82, 2.24) is 0 Å². The van der Waals surface area contributed by atoms with Crippen LogP contribution in [0, 0.1) is 5.92 Å². The molecule has 1 saturated carbocycles. The van der Waals surface area contributed by atoms with Crippen LogP contribution in [0.2, 0.25) is 0 Å². The van der Waals surface area contributed by atoms with Crippen molar-refractivity contribution in [1.29, 1.82) is 0 Å². The molecular weight excluding hydrogens is 220 g/mol. The minimum atomic E-state index is -2.94. The molecule has 1 unspecified atom stereocenters. The zero-order chi connectivity index (χ0) is 12.4. The summed E-state index contributed by atoms with van der Waals surface area (Å²) in [5.41, 5.74) is 1.24. The maximum atomic E-state index is 11.9. The summed E-state index contributed by atoms with van der Waals surface area (Å²) in [5, 5.41) is 0. The van der Waals surface area contributed by atoms with Crippen molar-refractivity contribution < 1.29 is 8.42 Å². The van der Waals surface area contributed by atoms with E-state index >= 15 is 0 Å². The molecule has 94 valence electrons. The minimum Gasteiger partial charge on any atom is -0.229 e. The molecule has 1 aliphatic rings. The van der Waals surface area contributed by atoms with Crippen molar-refractivity contribution in [2.45, 2.75) is 57.6 Å². The third kappa shape index (κ3) is 2.50. The fourth-order valence-corrected chi connectivity index (χ4v) is 4.46. The van der Waals surface area contributed by atoms with Crippen molar-refractivity contribution in [3.8, 4) is 0 Å². The third-order valence-electron chi connectivity index (χ3n) is 4.00. The molecular formula is C13H24O2S. The van der Waals surface area contributed by atoms with Gasteiger partial charge in [0.1, 0.15) is 0 Å². The van der Waals surface area contributed by atoms with E-state index in [4.69, 9.17) is 0 Å². The molecule has 0 aromatic rings. The van der Waals surface area contributed by atoms with E-state index in [1.807, 2.05) is 0 Å². The highest BCUT2D eigenvalue weighted by atomic mass is 32.2. The lowest BCUT2D eigenvalue weighted by molar-refractivity contribution is 0.222. The van der Waals surface area contributed by atoms with Gasteiger partial charge in [-0.15, -0.1) is 0 Å². The van der Waals surface area contributed by atoms with Gasteiger partial charge in [-0.2, -0.15) is 0 Å². The summed E-state index contributed by atoms with van der Waals surface area (Å²) in [6.07, 6.45) is 8.39.